The predicted octanol–water partition coefficient (Wildman–Crippen LogP) is 2.88. The van der Waals surface area contributed by atoms with Crippen LogP contribution in [0.5, 0.6) is 0 Å². The second-order valence-corrected chi connectivity index (χ2v) is 6.01. The van der Waals surface area contributed by atoms with Crippen molar-refractivity contribution in [2.24, 2.45) is 15.8 Å². The molecule has 0 saturated carbocycles. The molecule has 6 heteroatoms. The Hall–Kier alpha value is -2.21. The number of hydrogen-bond donors (Lipinski definition) is 1. The summed E-state index contributed by atoms with van der Waals surface area (Å²) in [5.41, 5.74) is 7.78. The molecule has 0 aliphatic rings. The molecule has 0 amide bonds. The summed E-state index contributed by atoms with van der Waals surface area (Å²) in [6.07, 6.45) is 12.2. The zero-order chi connectivity index (χ0) is 18.5. The molecule has 6 nitrogen and oxygen atoms in total. The van der Waals surface area contributed by atoms with Gasteiger partial charge in [0.2, 0.25) is 0 Å². The van der Waals surface area contributed by atoms with Crippen molar-refractivity contribution in [3.8, 4) is 0 Å². The number of aromatic nitrogens is 1. The number of allylic oxidation sites excluding steroid dienone is 1. The number of aliphatic imine (C=N–C) groups is 1. The van der Waals surface area contributed by atoms with Crippen LogP contribution in [-0.2, 0) is 6.54 Å². The maximum Gasteiger partial charge on any atom is 0.107 e. The summed E-state index contributed by atoms with van der Waals surface area (Å²) in [5, 5.41) is 6.71. The summed E-state index contributed by atoms with van der Waals surface area (Å²) in [4.78, 5) is 10.7. The maximum absolute atomic E-state index is 5.51. The van der Waals surface area contributed by atoms with E-state index in [-0.39, 0.29) is 6.17 Å². The van der Waals surface area contributed by atoms with Crippen LogP contribution in [0.3, 0.4) is 0 Å². The Morgan fingerprint density at radius 1 is 1.32 bits per heavy atom. The lowest BCUT2D eigenvalue weighted by Crippen LogP contribution is -2.35. The quantitative estimate of drug-likeness (QED) is 0.290. The van der Waals surface area contributed by atoms with Gasteiger partial charge < -0.3 is 5.73 Å². The van der Waals surface area contributed by atoms with E-state index in [9.17, 15) is 0 Å². The molecule has 1 aromatic rings. The normalized spacial score (nSPS) is 13.9. The third-order valence-corrected chi connectivity index (χ3v) is 3.80. The van der Waals surface area contributed by atoms with Crippen molar-refractivity contribution in [1.82, 2.24) is 14.9 Å². The van der Waals surface area contributed by atoms with E-state index < -0.39 is 0 Å². The summed E-state index contributed by atoms with van der Waals surface area (Å²) < 4.78 is 0. The number of nitrogens with zero attached hydrogens (tertiary/aromatic N) is 5. The van der Waals surface area contributed by atoms with Gasteiger partial charge in [0, 0.05) is 32.4 Å². The Morgan fingerprint density at radius 3 is 2.72 bits per heavy atom. The molecule has 2 N–H and O–H groups in total. The number of pyridine rings is 1. The zero-order valence-electron chi connectivity index (χ0n) is 16.0. The van der Waals surface area contributed by atoms with Crippen molar-refractivity contribution < 1.29 is 0 Å². The standard InChI is InChI=1S/C19H32N6/c1-5-7-8-11-19(22-16-20)24(3)15-18(6-2)23-25(4)14-17-10-9-12-21-13-17/h7-10,12-13,16,19H,5-6,11,14-15H2,1-4H3,(H2,20,22)/b8-7-,23-18+. The van der Waals surface area contributed by atoms with Crippen LogP contribution in [0.15, 0.2) is 46.8 Å². The molecule has 1 aromatic heterocycles. The molecule has 0 fully saturated rings. The molecule has 0 bridgehead atoms. The van der Waals surface area contributed by atoms with Crippen LogP contribution in [0.1, 0.15) is 38.7 Å². The summed E-state index contributed by atoms with van der Waals surface area (Å²) in [7, 11) is 4.05. The van der Waals surface area contributed by atoms with Crippen molar-refractivity contribution >= 4 is 12.1 Å². The second-order valence-electron chi connectivity index (χ2n) is 6.01. The lowest BCUT2D eigenvalue weighted by Gasteiger charge is -2.25. The van der Waals surface area contributed by atoms with E-state index in [1.54, 1.807) is 6.20 Å². The molecule has 0 saturated heterocycles. The molecule has 25 heavy (non-hydrogen) atoms. The first-order chi connectivity index (χ1) is 12.1. The van der Waals surface area contributed by atoms with Crippen LogP contribution in [0.2, 0.25) is 0 Å². The largest absolute Gasteiger partial charge is 0.390 e. The summed E-state index contributed by atoms with van der Waals surface area (Å²) in [6.45, 7) is 5.75. The fourth-order valence-electron chi connectivity index (χ4n) is 2.48. The van der Waals surface area contributed by atoms with Gasteiger partial charge in [0.1, 0.15) is 6.17 Å². The lowest BCUT2D eigenvalue weighted by atomic mass is 10.2. The van der Waals surface area contributed by atoms with Crippen LogP contribution in [0, 0.1) is 0 Å². The Kier molecular flexibility index (Phi) is 10.2. The van der Waals surface area contributed by atoms with E-state index in [4.69, 9.17) is 10.8 Å². The maximum atomic E-state index is 5.51. The van der Waals surface area contributed by atoms with Gasteiger partial charge in [-0.3, -0.25) is 19.9 Å². The molecule has 1 atom stereocenters. The van der Waals surface area contributed by atoms with Crippen molar-refractivity contribution in [2.75, 3.05) is 20.6 Å². The SMILES string of the molecule is CC/C=C\CC(N=CN)N(C)C/C(CC)=N/N(C)Cc1cccnc1. The van der Waals surface area contributed by atoms with Crippen LogP contribution in [-0.4, -0.2) is 53.7 Å². The molecule has 1 heterocycles. The second kappa shape index (κ2) is 12.2. The first kappa shape index (κ1) is 20.8. The minimum Gasteiger partial charge on any atom is -0.390 e. The Morgan fingerprint density at radius 2 is 2.12 bits per heavy atom. The first-order valence-electron chi connectivity index (χ1n) is 8.85. The number of rotatable bonds is 11. The molecule has 0 spiro atoms. The highest BCUT2D eigenvalue weighted by Gasteiger charge is 2.13. The van der Waals surface area contributed by atoms with Crippen LogP contribution in [0.4, 0.5) is 0 Å². The third kappa shape index (κ3) is 8.44. The average Bonchev–Trinajstić information content (AvgIpc) is 2.61. The Labute approximate surface area is 152 Å². The van der Waals surface area contributed by atoms with Crippen molar-refractivity contribution in [3.63, 3.8) is 0 Å². The average molecular weight is 345 g/mol. The van der Waals surface area contributed by atoms with E-state index in [1.165, 1.54) is 6.34 Å². The monoisotopic (exact) mass is 344 g/mol. The zero-order valence-corrected chi connectivity index (χ0v) is 16.0. The van der Waals surface area contributed by atoms with Crippen LogP contribution < -0.4 is 5.73 Å². The molecule has 0 radical (unpaired) electrons. The lowest BCUT2D eigenvalue weighted by molar-refractivity contribution is 0.278. The highest BCUT2D eigenvalue weighted by Crippen LogP contribution is 2.08. The van der Waals surface area contributed by atoms with E-state index in [0.717, 1.165) is 43.6 Å². The molecule has 138 valence electrons. The summed E-state index contributed by atoms with van der Waals surface area (Å²) in [6, 6.07) is 4.00. The molecule has 1 unspecified atom stereocenters. The van der Waals surface area contributed by atoms with Crippen molar-refractivity contribution in [3.05, 3.63) is 42.2 Å². The van der Waals surface area contributed by atoms with E-state index in [0.29, 0.717) is 0 Å². The molecule has 1 rings (SSSR count). The van der Waals surface area contributed by atoms with Gasteiger partial charge in [-0.1, -0.05) is 32.1 Å². The topological polar surface area (TPSA) is 70.1 Å². The Bertz CT molecular complexity index is 552. The fraction of sp³-hybridized carbons (Fsp3) is 0.526. The van der Waals surface area contributed by atoms with E-state index in [2.05, 4.69) is 54.0 Å². The summed E-state index contributed by atoms with van der Waals surface area (Å²) in [5.74, 6) is 0. The van der Waals surface area contributed by atoms with Crippen LogP contribution in [0.25, 0.3) is 0 Å². The van der Waals surface area contributed by atoms with Gasteiger partial charge in [-0.2, -0.15) is 5.10 Å². The van der Waals surface area contributed by atoms with Gasteiger partial charge in [-0.05, 0) is 31.5 Å². The van der Waals surface area contributed by atoms with Gasteiger partial charge in [-0.15, -0.1) is 0 Å². The fourth-order valence-corrected chi connectivity index (χ4v) is 2.48. The number of hydrogen-bond acceptors (Lipinski definition) is 5. The molecule has 0 aliphatic carbocycles. The van der Waals surface area contributed by atoms with Crippen molar-refractivity contribution in [1.29, 1.82) is 0 Å². The minimum atomic E-state index is 0.0354. The smallest absolute Gasteiger partial charge is 0.107 e. The first-order valence-corrected chi connectivity index (χ1v) is 8.85. The van der Waals surface area contributed by atoms with Crippen LogP contribution >= 0.6 is 0 Å². The van der Waals surface area contributed by atoms with Gasteiger partial charge in [0.05, 0.1) is 18.6 Å². The predicted molar refractivity (Wildman–Crippen MR) is 107 cm³/mol. The van der Waals surface area contributed by atoms with E-state index >= 15 is 0 Å². The number of nitrogens with two attached hydrogens (primary N) is 1. The Balaban J connectivity index is 2.68. The summed E-state index contributed by atoms with van der Waals surface area (Å²) >= 11 is 0. The van der Waals surface area contributed by atoms with Crippen molar-refractivity contribution in [2.45, 2.75) is 45.8 Å². The highest BCUT2D eigenvalue weighted by atomic mass is 15.4. The minimum absolute atomic E-state index is 0.0354. The molecular formula is C19H32N6. The van der Waals surface area contributed by atoms with E-state index in [1.807, 2.05) is 24.3 Å². The molecular weight excluding hydrogens is 312 g/mol. The van der Waals surface area contributed by atoms with Gasteiger partial charge in [0.25, 0.3) is 0 Å². The third-order valence-electron chi connectivity index (χ3n) is 3.80. The van der Waals surface area contributed by atoms with Gasteiger partial charge in [-0.25, -0.2) is 0 Å². The highest BCUT2D eigenvalue weighted by molar-refractivity contribution is 5.85. The van der Waals surface area contributed by atoms with Gasteiger partial charge >= 0.3 is 0 Å². The molecule has 0 aromatic carbocycles. The van der Waals surface area contributed by atoms with Gasteiger partial charge in [0.15, 0.2) is 0 Å². The number of hydrazone groups is 1. The molecule has 0 aliphatic heterocycles.